The second kappa shape index (κ2) is 7.10. The van der Waals surface area contributed by atoms with Crippen molar-refractivity contribution in [3.8, 4) is 0 Å². The minimum absolute atomic E-state index is 0.131. The molecule has 0 aromatic carbocycles. The van der Waals surface area contributed by atoms with Crippen LogP contribution < -0.4 is 10.6 Å². The number of rotatable bonds is 6. The molecular weight excluding hydrogens is 242 g/mol. The molecule has 1 aliphatic carbocycles. The molecule has 1 aliphatic heterocycles. The largest absolute Gasteiger partial charge is 0.391 e. The van der Waals surface area contributed by atoms with E-state index in [1.165, 1.54) is 6.42 Å². The molecule has 1 atom stereocenters. The number of hydrogen-bond acceptors (Lipinski definition) is 3. The summed E-state index contributed by atoms with van der Waals surface area (Å²) in [5, 5.41) is 15.5. The second-order valence-corrected chi connectivity index (χ2v) is 5.88. The van der Waals surface area contributed by atoms with E-state index in [2.05, 4.69) is 22.5 Å². The number of hydrogen-bond donors (Lipinski definition) is 3. The molecule has 5 heteroatoms. The molecule has 0 unspecified atom stereocenters. The Kier molecular flexibility index (Phi) is 5.45. The summed E-state index contributed by atoms with van der Waals surface area (Å²) in [5.41, 5.74) is 0. The van der Waals surface area contributed by atoms with Crippen LogP contribution in [0, 0.1) is 5.92 Å². The minimum Gasteiger partial charge on any atom is -0.391 e. The van der Waals surface area contributed by atoms with Crippen LogP contribution in [0.25, 0.3) is 0 Å². The lowest BCUT2D eigenvalue weighted by molar-refractivity contribution is 0.147. The summed E-state index contributed by atoms with van der Waals surface area (Å²) in [5.74, 6) is 0.414. The fourth-order valence-electron chi connectivity index (χ4n) is 2.70. The quantitative estimate of drug-likeness (QED) is 0.672. The molecule has 2 aliphatic rings. The molecule has 2 fully saturated rings. The zero-order chi connectivity index (χ0) is 13.7. The Morgan fingerprint density at radius 1 is 1.32 bits per heavy atom. The first kappa shape index (κ1) is 14.6. The lowest BCUT2D eigenvalue weighted by atomic mass is 10.1. The molecule has 1 saturated heterocycles. The molecule has 110 valence electrons. The van der Waals surface area contributed by atoms with Gasteiger partial charge in [0.2, 0.25) is 0 Å². The lowest BCUT2D eigenvalue weighted by Crippen LogP contribution is -2.49. The monoisotopic (exact) mass is 269 g/mol. The van der Waals surface area contributed by atoms with Gasteiger partial charge in [0.25, 0.3) is 0 Å². The van der Waals surface area contributed by atoms with Gasteiger partial charge < -0.3 is 20.6 Å². The van der Waals surface area contributed by atoms with Crippen molar-refractivity contribution in [3.05, 3.63) is 0 Å². The standard InChI is InChI=1S/C14H27N3O2/c1-2-7-17-8-5-12(6-9-17)16-14(19)15-10-13(18)11-3-4-11/h11-13,18H,2-10H2,1H3,(H2,15,16,19)/t13-/m0/s1. The minimum atomic E-state index is -0.364. The summed E-state index contributed by atoms with van der Waals surface area (Å²) in [6.07, 6.45) is 5.08. The SMILES string of the molecule is CCCN1CCC(NC(=O)NC[C@H](O)C2CC2)CC1. The summed E-state index contributed by atoms with van der Waals surface area (Å²) < 4.78 is 0. The van der Waals surface area contributed by atoms with E-state index in [-0.39, 0.29) is 18.2 Å². The van der Waals surface area contributed by atoms with Gasteiger partial charge in [0.05, 0.1) is 6.10 Å². The first-order valence-electron chi connectivity index (χ1n) is 7.63. The van der Waals surface area contributed by atoms with Crippen molar-refractivity contribution in [1.82, 2.24) is 15.5 Å². The number of piperidine rings is 1. The molecule has 0 aromatic rings. The van der Waals surface area contributed by atoms with Gasteiger partial charge in [-0.2, -0.15) is 0 Å². The van der Waals surface area contributed by atoms with E-state index in [0.29, 0.717) is 12.5 Å². The molecule has 5 nitrogen and oxygen atoms in total. The Balaban J connectivity index is 1.57. The smallest absolute Gasteiger partial charge is 0.315 e. The van der Waals surface area contributed by atoms with Crippen LogP contribution in [0.5, 0.6) is 0 Å². The van der Waals surface area contributed by atoms with Gasteiger partial charge in [0.15, 0.2) is 0 Å². The van der Waals surface area contributed by atoms with Gasteiger partial charge >= 0.3 is 6.03 Å². The zero-order valence-corrected chi connectivity index (χ0v) is 11.9. The van der Waals surface area contributed by atoms with Crippen LogP contribution in [-0.2, 0) is 0 Å². The van der Waals surface area contributed by atoms with Crippen molar-refractivity contribution >= 4 is 6.03 Å². The first-order chi connectivity index (χ1) is 9.19. The molecule has 1 heterocycles. The highest BCUT2D eigenvalue weighted by Crippen LogP contribution is 2.32. The molecule has 19 heavy (non-hydrogen) atoms. The summed E-state index contributed by atoms with van der Waals surface area (Å²) in [6.45, 7) is 5.88. The number of amides is 2. The van der Waals surface area contributed by atoms with Gasteiger partial charge in [-0.1, -0.05) is 6.92 Å². The van der Waals surface area contributed by atoms with E-state index in [1.54, 1.807) is 0 Å². The molecular formula is C14H27N3O2. The Morgan fingerprint density at radius 2 is 2.00 bits per heavy atom. The number of carbonyl (C=O) groups is 1. The third kappa shape index (κ3) is 4.99. The highest BCUT2D eigenvalue weighted by atomic mass is 16.3. The average molecular weight is 269 g/mol. The highest BCUT2D eigenvalue weighted by molar-refractivity contribution is 5.74. The maximum absolute atomic E-state index is 11.7. The normalized spacial score (nSPS) is 23.1. The van der Waals surface area contributed by atoms with Crippen molar-refractivity contribution in [2.45, 2.75) is 51.2 Å². The molecule has 3 N–H and O–H groups in total. The second-order valence-electron chi connectivity index (χ2n) is 5.88. The maximum Gasteiger partial charge on any atom is 0.315 e. The molecule has 0 aromatic heterocycles. The van der Waals surface area contributed by atoms with E-state index >= 15 is 0 Å². The fraction of sp³-hybridized carbons (Fsp3) is 0.929. The number of aliphatic hydroxyl groups is 1. The molecule has 0 bridgehead atoms. The van der Waals surface area contributed by atoms with Crippen LogP contribution in [0.1, 0.15) is 39.0 Å². The topological polar surface area (TPSA) is 64.6 Å². The van der Waals surface area contributed by atoms with Gasteiger partial charge in [0, 0.05) is 25.7 Å². The van der Waals surface area contributed by atoms with Crippen LogP contribution in [0.2, 0.25) is 0 Å². The summed E-state index contributed by atoms with van der Waals surface area (Å²) in [4.78, 5) is 14.2. The third-order valence-corrected chi connectivity index (χ3v) is 4.10. The van der Waals surface area contributed by atoms with E-state index in [9.17, 15) is 9.90 Å². The van der Waals surface area contributed by atoms with Crippen LogP contribution in [0.15, 0.2) is 0 Å². The van der Waals surface area contributed by atoms with Crippen molar-refractivity contribution in [2.75, 3.05) is 26.2 Å². The predicted molar refractivity (Wildman–Crippen MR) is 75.0 cm³/mol. The number of carbonyl (C=O) groups excluding carboxylic acids is 1. The predicted octanol–water partition coefficient (Wildman–Crippen LogP) is 0.931. The third-order valence-electron chi connectivity index (χ3n) is 4.10. The van der Waals surface area contributed by atoms with Crippen molar-refractivity contribution in [2.24, 2.45) is 5.92 Å². The van der Waals surface area contributed by atoms with Crippen molar-refractivity contribution < 1.29 is 9.90 Å². The number of nitrogens with one attached hydrogen (secondary N) is 2. The number of nitrogens with zero attached hydrogens (tertiary/aromatic N) is 1. The van der Waals surface area contributed by atoms with Gasteiger partial charge in [-0.3, -0.25) is 0 Å². The number of urea groups is 1. The van der Waals surface area contributed by atoms with E-state index in [1.807, 2.05) is 0 Å². The van der Waals surface area contributed by atoms with Crippen molar-refractivity contribution in [3.63, 3.8) is 0 Å². The average Bonchev–Trinajstić information content (AvgIpc) is 3.23. The molecule has 0 spiro atoms. The van der Waals surface area contributed by atoms with Gasteiger partial charge in [0.1, 0.15) is 0 Å². The number of likely N-dealkylation sites (tertiary alicyclic amines) is 1. The summed E-state index contributed by atoms with van der Waals surface area (Å²) >= 11 is 0. The Bertz CT molecular complexity index is 286. The Hall–Kier alpha value is -0.810. The molecule has 0 radical (unpaired) electrons. The van der Waals surface area contributed by atoms with Gasteiger partial charge in [-0.05, 0) is 44.6 Å². The fourth-order valence-corrected chi connectivity index (χ4v) is 2.70. The maximum atomic E-state index is 11.7. The van der Waals surface area contributed by atoms with Gasteiger partial charge in [-0.15, -0.1) is 0 Å². The van der Waals surface area contributed by atoms with Crippen LogP contribution >= 0.6 is 0 Å². The highest BCUT2D eigenvalue weighted by Gasteiger charge is 2.29. The molecule has 2 amide bonds. The van der Waals surface area contributed by atoms with Crippen LogP contribution in [-0.4, -0.2) is 54.4 Å². The van der Waals surface area contributed by atoms with E-state index in [4.69, 9.17) is 0 Å². The molecule has 2 rings (SSSR count). The first-order valence-corrected chi connectivity index (χ1v) is 7.63. The van der Waals surface area contributed by atoms with Crippen LogP contribution in [0.4, 0.5) is 4.79 Å². The summed E-state index contributed by atoms with van der Waals surface area (Å²) in [6, 6.07) is 0.153. The zero-order valence-electron chi connectivity index (χ0n) is 11.9. The van der Waals surface area contributed by atoms with Gasteiger partial charge in [-0.25, -0.2) is 4.79 Å². The number of aliphatic hydroxyl groups excluding tert-OH is 1. The Labute approximate surface area is 115 Å². The summed E-state index contributed by atoms with van der Waals surface area (Å²) in [7, 11) is 0. The van der Waals surface area contributed by atoms with Crippen LogP contribution in [0.3, 0.4) is 0 Å². The lowest BCUT2D eigenvalue weighted by Gasteiger charge is -2.32. The van der Waals surface area contributed by atoms with E-state index < -0.39 is 0 Å². The molecule has 1 saturated carbocycles. The van der Waals surface area contributed by atoms with E-state index in [0.717, 1.165) is 45.3 Å². The van der Waals surface area contributed by atoms with Crippen molar-refractivity contribution in [1.29, 1.82) is 0 Å². The Morgan fingerprint density at radius 3 is 2.58 bits per heavy atom.